The van der Waals surface area contributed by atoms with Crippen molar-refractivity contribution >= 4 is 23.2 Å². The molecule has 0 unspecified atom stereocenters. The van der Waals surface area contributed by atoms with E-state index in [0.29, 0.717) is 40.8 Å². The number of nitrogens with one attached hydrogen (secondary N) is 2. The fraction of sp³-hybridized carbons (Fsp3) is 0.273. The number of rotatable bonds is 3. The summed E-state index contributed by atoms with van der Waals surface area (Å²) in [5, 5.41) is 10.9. The van der Waals surface area contributed by atoms with Crippen molar-refractivity contribution in [2.45, 2.75) is 31.7 Å². The van der Waals surface area contributed by atoms with Crippen molar-refractivity contribution in [2.75, 3.05) is 6.54 Å². The van der Waals surface area contributed by atoms with Gasteiger partial charge in [-0.25, -0.2) is 9.50 Å². The van der Waals surface area contributed by atoms with E-state index in [0.717, 1.165) is 35.5 Å². The van der Waals surface area contributed by atoms with Gasteiger partial charge in [-0.15, -0.1) is 0 Å². The van der Waals surface area contributed by atoms with Crippen LogP contribution in [0.2, 0.25) is 5.02 Å². The van der Waals surface area contributed by atoms with Gasteiger partial charge in [0.15, 0.2) is 5.65 Å². The van der Waals surface area contributed by atoms with Crippen LogP contribution in [0.25, 0.3) is 16.9 Å². The Kier molecular flexibility index (Phi) is 4.04. The number of carbonyl (C=O) groups excluding carboxylic acids is 1. The average Bonchev–Trinajstić information content (AvgIpc) is 3.35. The lowest BCUT2D eigenvalue weighted by atomic mass is 10.1. The van der Waals surface area contributed by atoms with E-state index < -0.39 is 0 Å². The minimum atomic E-state index is -0.198. The number of hydrogen-bond acceptors (Lipinski definition) is 4. The Labute approximate surface area is 181 Å². The van der Waals surface area contributed by atoms with Crippen LogP contribution in [0.4, 0.5) is 0 Å². The van der Waals surface area contributed by atoms with E-state index in [1.54, 1.807) is 11.0 Å². The number of amides is 1. The van der Waals surface area contributed by atoms with Crippen LogP contribution in [0.15, 0.2) is 41.2 Å². The number of benzene rings is 1. The highest BCUT2D eigenvalue weighted by Gasteiger charge is 2.30. The van der Waals surface area contributed by atoms with Crippen molar-refractivity contribution in [1.29, 1.82) is 0 Å². The largest absolute Gasteiger partial charge is 0.332 e. The second-order valence-corrected chi connectivity index (χ2v) is 8.55. The zero-order chi connectivity index (χ0) is 21.1. The maximum absolute atomic E-state index is 13.2. The Morgan fingerprint density at radius 3 is 2.84 bits per heavy atom. The van der Waals surface area contributed by atoms with Crippen LogP contribution < -0.4 is 5.56 Å². The molecule has 2 N–H and O–H groups in total. The number of halogens is 1. The number of H-pyrrole nitrogens is 2. The highest BCUT2D eigenvalue weighted by Crippen LogP contribution is 2.39. The molecule has 8 nitrogen and oxygen atoms in total. The third-order valence-corrected chi connectivity index (χ3v) is 6.38. The molecule has 9 heteroatoms. The van der Waals surface area contributed by atoms with Gasteiger partial charge in [-0.05, 0) is 25.0 Å². The number of aromatic amines is 2. The molecule has 0 radical (unpaired) electrons. The molecule has 4 heterocycles. The summed E-state index contributed by atoms with van der Waals surface area (Å²) in [5.74, 6) is 0.333. The van der Waals surface area contributed by atoms with E-state index in [1.165, 1.54) is 4.52 Å². The zero-order valence-electron chi connectivity index (χ0n) is 16.6. The predicted octanol–water partition coefficient (Wildman–Crippen LogP) is 3.14. The molecular weight excluding hydrogens is 416 g/mol. The quantitative estimate of drug-likeness (QED) is 0.517. The van der Waals surface area contributed by atoms with Gasteiger partial charge in [0.2, 0.25) is 0 Å². The summed E-state index contributed by atoms with van der Waals surface area (Å²) in [7, 11) is 0. The molecule has 0 saturated heterocycles. The molecule has 1 fully saturated rings. The van der Waals surface area contributed by atoms with Gasteiger partial charge in [-0.3, -0.25) is 19.8 Å². The second-order valence-electron chi connectivity index (χ2n) is 8.14. The first-order valence-corrected chi connectivity index (χ1v) is 10.7. The molecular formula is C22H19ClN6O2. The Hall–Kier alpha value is -3.39. The summed E-state index contributed by atoms with van der Waals surface area (Å²) in [4.78, 5) is 32.5. The van der Waals surface area contributed by atoms with Gasteiger partial charge in [-0.2, -0.15) is 5.10 Å². The van der Waals surface area contributed by atoms with Crippen molar-refractivity contribution in [1.82, 2.24) is 29.7 Å². The van der Waals surface area contributed by atoms with E-state index in [1.807, 2.05) is 30.3 Å². The molecule has 1 aromatic carbocycles. The van der Waals surface area contributed by atoms with Gasteiger partial charge in [-0.1, -0.05) is 29.8 Å². The van der Waals surface area contributed by atoms with Crippen molar-refractivity contribution in [3.05, 3.63) is 74.4 Å². The molecule has 3 aromatic heterocycles. The van der Waals surface area contributed by atoms with Crippen LogP contribution in [-0.2, 0) is 13.0 Å². The van der Waals surface area contributed by atoms with Gasteiger partial charge in [0.05, 0.1) is 23.5 Å². The van der Waals surface area contributed by atoms with Crippen LogP contribution in [0.5, 0.6) is 0 Å². The van der Waals surface area contributed by atoms with Gasteiger partial charge in [0, 0.05) is 41.2 Å². The van der Waals surface area contributed by atoms with E-state index in [4.69, 9.17) is 11.6 Å². The molecule has 31 heavy (non-hydrogen) atoms. The Bertz CT molecular complexity index is 1400. The lowest BCUT2D eigenvalue weighted by Gasteiger charge is -2.27. The molecule has 156 valence electrons. The van der Waals surface area contributed by atoms with E-state index in [9.17, 15) is 9.59 Å². The van der Waals surface area contributed by atoms with Crippen LogP contribution in [-0.4, -0.2) is 42.1 Å². The summed E-state index contributed by atoms with van der Waals surface area (Å²) >= 11 is 6.31. The topological polar surface area (TPSA) is 99.2 Å². The first-order chi connectivity index (χ1) is 15.1. The third-order valence-electron chi connectivity index (χ3n) is 6.05. The molecule has 0 bridgehead atoms. The van der Waals surface area contributed by atoms with E-state index in [2.05, 4.69) is 20.3 Å². The van der Waals surface area contributed by atoms with E-state index in [-0.39, 0.29) is 18.0 Å². The predicted molar refractivity (Wildman–Crippen MR) is 115 cm³/mol. The SMILES string of the molecule is O=C(c1cc(C2CC2)[nH]n1)N1CCc2nc3cc(-c4ccccc4Cl)[nH]n3c(=O)c2C1. The molecule has 1 aliphatic carbocycles. The highest BCUT2D eigenvalue weighted by atomic mass is 35.5. The first kappa shape index (κ1) is 18.4. The standard InChI is InChI=1S/C22H19ClN6O2/c23-15-4-2-1-3-13(15)18-10-20-24-16-7-8-28(11-14(16)21(30)29(20)27-18)22(31)19-9-17(25-26-19)12-5-6-12/h1-4,9-10,12,27H,5-8,11H2,(H,25,26). The summed E-state index contributed by atoms with van der Waals surface area (Å²) in [5.41, 5.74) is 4.55. The summed E-state index contributed by atoms with van der Waals surface area (Å²) in [6.45, 7) is 0.719. The summed E-state index contributed by atoms with van der Waals surface area (Å²) < 4.78 is 1.42. The summed E-state index contributed by atoms with van der Waals surface area (Å²) in [6, 6.07) is 11.1. The monoisotopic (exact) mass is 434 g/mol. The van der Waals surface area contributed by atoms with Crippen molar-refractivity contribution in [2.24, 2.45) is 0 Å². The Morgan fingerprint density at radius 2 is 2.03 bits per heavy atom. The van der Waals surface area contributed by atoms with Gasteiger partial charge in [0.25, 0.3) is 11.5 Å². The lowest BCUT2D eigenvalue weighted by molar-refractivity contribution is 0.0726. The average molecular weight is 435 g/mol. The molecule has 1 aliphatic heterocycles. The number of nitrogens with zero attached hydrogens (tertiary/aromatic N) is 4. The molecule has 1 amide bonds. The van der Waals surface area contributed by atoms with Crippen molar-refractivity contribution in [3.8, 4) is 11.3 Å². The van der Waals surface area contributed by atoms with Crippen LogP contribution >= 0.6 is 11.6 Å². The molecule has 6 rings (SSSR count). The Balaban J connectivity index is 1.34. The maximum Gasteiger partial charge on any atom is 0.277 e. The first-order valence-electron chi connectivity index (χ1n) is 10.3. The fourth-order valence-electron chi connectivity index (χ4n) is 4.18. The molecule has 2 aliphatic rings. The molecule has 0 atom stereocenters. The van der Waals surface area contributed by atoms with E-state index >= 15 is 0 Å². The highest BCUT2D eigenvalue weighted by molar-refractivity contribution is 6.33. The van der Waals surface area contributed by atoms with Gasteiger partial charge < -0.3 is 4.90 Å². The lowest BCUT2D eigenvalue weighted by Crippen LogP contribution is -2.40. The number of fused-ring (bicyclic) bond motifs is 2. The van der Waals surface area contributed by atoms with Gasteiger partial charge in [0.1, 0.15) is 5.69 Å². The van der Waals surface area contributed by atoms with Gasteiger partial charge >= 0.3 is 0 Å². The van der Waals surface area contributed by atoms with Crippen molar-refractivity contribution < 1.29 is 4.79 Å². The minimum absolute atomic E-state index is 0.165. The molecule has 4 aromatic rings. The zero-order valence-corrected chi connectivity index (χ0v) is 17.3. The minimum Gasteiger partial charge on any atom is -0.332 e. The molecule has 0 spiro atoms. The van der Waals surface area contributed by atoms with Crippen molar-refractivity contribution in [3.63, 3.8) is 0 Å². The third kappa shape index (κ3) is 3.06. The molecule has 1 saturated carbocycles. The number of hydrogen-bond donors (Lipinski definition) is 2. The fourth-order valence-corrected chi connectivity index (χ4v) is 4.42. The van der Waals surface area contributed by atoms with Crippen LogP contribution in [0.3, 0.4) is 0 Å². The maximum atomic E-state index is 13.2. The van der Waals surface area contributed by atoms with Crippen LogP contribution in [0, 0.1) is 0 Å². The smallest absolute Gasteiger partial charge is 0.277 e. The Morgan fingerprint density at radius 1 is 1.19 bits per heavy atom. The second kappa shape index (κ2) is 6.81. The number of carbonyl (C=O) groups is 1. The number of aromatic nitrogens is 5. The van der Waals surface area contributed by atoms with Crippen LogP contribution in [0.1, 0.15) is 46.2 Å². The summed E-state index contributed by atoms with van der Waals surface area (Å²) in [6.07, 6.45) is 2.80. The normalized spacial score (nSPS) is 16.0.